The van der Waals surface area contributed by atoms with E-state index in [-0.39, 0.29) is 24.2 Å². The molecule has 13 heteroatoms. The van der Waals surface area contributed by atoms with Gasteiger partial charge >= 0.3 is 133 Å². The molecule has 3 amide bonds. The van der Waals surface area contributed by atoms with Gasteiger partial charge in [-0.15, -0.1) is 0 Å². The van der Waals surface area contributed by atoms with Crippen molar-refractivity contribution in [2.45, 2.75) is 57.7 Å². The Hall–Kier alpha value is -2.70. The molecule has 3 aliphatic heterocycles. The Balaban J connectivity index is 1.26. The van der Waals surface area contributed by atoms with Crippen LogP contribution in [0.2, 0.25) is 0 Å². The smallest absolute Gasteiger partial charge is 0.0367 e. The van der Waals surface area contributed by atoms with E-state index < -0.39 is 5.60 Å². The van der Waals surface area contributed by atoms with Crippen molar-refractivity contribution in [3.8, 4) is 0 Å². The van der Waals surface area contributed by atoms with Crippen LogP contribution in [0.3, 0.4) is 0 Å². The summed E-state index contributed by atoms with van der Waals surface area (Å²) in [6.45, 7) is 9.64. The number of hydrogen-bond acceptors (Lipinski definition) is 9. The van der Waals surface area contributed by atoms with Crippen molar-refractivity contribution >= 4 is 19.4 Å². The van der Waals surface area contributed by atoms with Crippen LogP contribution in [0.1, 0.15) is 51.4 Å². The van der Waals surface area contributed by atoms with Crippen molar-refractivity contribution in [3.63, 3.8) is 0 Å². The fourth-order valence-corrected chi connectivity index (χ4v) is 4.32. The summed E-state index contributed by atoms with van der Waals surface area (Å²) >= 11 is 0. The first-order valence-electron chi connectivity index (χ1n) is 11.0. The number of ether oxygens (including phenoxy) is 1. The van der Waals surface area contributed by atoms with Crippen molar-refractivity contribution in [1.82, 2.24) is 30.0 Å². The second-order valence-electron chi connectivity index (χ2n) is 9.32. The zero-order chi connectivity index (χ0) is 22.9. The third-order valence-electron chi connectivity index (χ3n) is 5.92. The summed E-state index contributed by atoms with van der Waals surface area (Å²) < 4.78 is 16.4. The zero-order valence-corrected chi connectivity index (χ0v) is 18.8. The van der Waals surface area contributed by atoms with Crippen LogP contribution < -0.4 is 0 Å². The number of piperazine rings is 1. The summed E-state index contributed by atoms with van der Waals surface area (Å²) in [6.07, 6.45) is 1.80. The minimum Gasteiger partial charge on any atom is 0.0367 e. The molecule has 2 bridgehead atoms. The molecule has 174 valence electrons. The molecule has 3 saturated heterocycles. The number of urea groups is 1. The van der Waals surface area contributed by atoms with Crippen molar-refractivity contribution in [2.24, 2.45) is 0 Å². The summed E-state index contributed by atoms with van der Waals surface area (Å²) in [5.41, 5.74) is -0.492. The first-order chi connectivity index (χ1) is 15.2. The van der Waals surface area contributed by atoms with Gasteiger partial charge in [0.2, 0.25) is 0 Å². The van der Waals surface area contributed by atoms with Crippen molar-refractivity contribution < 1.29 is 23.5 Å². The van der Waals surface area contributed by atoms with Crippen LogP contribution in [0, 0.1) is 5.31 Å². The Labute approximate surface area is 187 Å². The molecule has 0 spiro atoms. The van der Waals surface area contributed by atoms with Gasteiger partial charge in [0.1, 0.15) is 5.60 Å². The second-order valence-corrected chi connectivity index (χ2v) is 9.32. The monoisotopic (exact) mass is 447 g/mol. The Kier molecular flexibility index (Phi) is 6.36. The molecule has 2 atom stereocenters. The zero-order valence-electron chi connectivity index (χ0n) is 18.8. The predicted octanol–water partition coefficient (Wildman–Crippen LogP) is 1.42. The van der Waals surface area contributed by atoms with Gasteiger partial charge < -0.3 is 9.64 Å². The van der Waals surface area contributed by atoms with Gasteiger partial charge in [-0.2, -0.15) is 0 Å². The number of amides is 3. The number of nitrogens with zero attached hydrogens (tertiary/aromatic N) is 6. The van der Waals surface area contributed by atoms with Crippen LogP contribution in [-0.4, -0.2) is 100 Å². The molecule has 0 saturated carbocycles. The van der Waals surface area contributed by atoms with Crippen LogP contribution >= 0.6 is 0 Å². The SMILES string of the molecule is CC(C)(C)OC(=O)N1CCN(CCc2nnc([C@@H]3CC[C@@H]4CN3C(=O)N4OB=N)o2)CC1. The topological polar surface area (TPSA) is 128 Å². The molecule has 0 aromatic carbocycles. The van der Waals surface area contributed by atoms with Crippen LogP contribution in [0.15, 0.2) is 4.42 Å². The van der Waals surface area contributed by atoms with Crippen LogP contribution in [0.5, 0.6) is 0 Å². The maximum absolute atomic E-state index is 12.5. The van der Waals surface area contributed by atoms with Crippen molar-refractivity contribution in [2.75, 3.05) is 39.3 Å². The minimum atomic E-state index is -0.492. The quantitative estimate of drug-likeness (QED) is 0.649. The van der Waals surface area contributed by atoms with E-state index in [0.717, 1.165) is 33.3 Å². The van der Waals surface area contributed by atoms with Crippen molar-refractivity contribution in [3.05, 3.63) is 11.8 Å². The molecule has 0 aliphatic carbocycles. The van der Waals surface area contributed by atoms with E-state index in [1.807, 2.05) is 20.8 Å². The number of carbonyl (C=O) groups is 2. The van der Waals surface area contributed by atoms with E-state index >= 15 is 0 Å². The molecule has 12 nitrogen and oxygen atoms in total. The molecular weight excluding hydrogens is 417 g/mol. The summed E-state index contributed by atoms with van der Waals surface area (Å²) in [5, 5.41) is 16.7. The minimum absolute atomic E-state index is 0.0536. The Morgan fingerprint density at radius 2 is 1.97 bits per heavy atom. The molecule has 4 heterocycles. The third-order valence-corrected chi connectivity index (χ3v) is 5.92. The molecule has 4 rings (SSSR count). The average Bonchev–Trinajstić information content (AvgIpc) is 3.31. The van der Waals surface area contributed by atoms with Crippen molar-refractivity contribution in [1.29, 1.82) is 5.31 Å². The van der Waals surface area contributed by atoms with Gasteiger partial charge in [0, 0.05) is 13.1 Å². The predicted molar refractivity (Wildman–Crippen MR) is 112 cm³/mol. The van der Waals surface area contributed by atoms with Gasteiger partial charge in [-0.25, -0.2) is 4.79 Å². The maximum atomic E-state index is 12.5. The van der Waals surface area contributed by atoms with E-state index in [4.69, 9.17) is 19.2 Å². The van der Waals surface area contributed by atoms with E-state index in [0.29, 0.717) is 44.3 Å². The van der Waals surface area contributed by atoms with Crippen LogP contribution in [0.25, 0.3) is 0 Å². The molecule has 0 radical (unpaired) electrons. The average molecular weight is 447 g/mol. The number of fused-ring (bicyclic) bond motifs is 2. The number of hydrogen-bond donors (Lipinski definition) is 1. The molecule has 1 aromatic rings. The first kappa shape index (κ1) is 22.5. The van der Waals surface area contributed by atoms with Gasteiger partial charge in [0.25, 0.3) is 0 Å². The summed E-state index contributed by atoms with van der Waals surface area (Å²) in [4.78, 5) is 30.4. The van der Waals surface area contributed by atoms with E-state index in [9.17, 15) is 9.59 Å². The van der Waals surface area contributed by atoms with E-state index in [1.165, 1.54) is 5.06 Å². The van der Waals surface area contributed by atoms with Gasteiger partial charge in [-0.1, -0.05) is 0 Å². The Bertz CT molecular complexity index is 851. The second kappa shape index (κ2) is 9.04. The molecule has 0 unspecified atom stereocenters. The number of aromatic nitrogens is 2. The normalized spacial score (nSPS) is 24.0. The summed E-state index contributed by atoms with van der Waals surface area (Å²) in [6, 6.07) is -0.595. The molecule has 3 fully saturated rings. The van der Waals surface area contributed by atoms with Gasteiger partial charge in [0.15, 0.2) is 0 Å². The molecule has 1 N–H and O–H groups in total. The molecule has 1 aromatic heterocycles. The molecular formula is C19H30BN7O5. The fraction of sp³-hybridized carbons (Fsp3) is 0.789. The number of nitrogens with one attached hydrogen (secondary N) is 1. The van der Waals surface area contributed by atoms with Gasteiger partial charge in [-0.3, -0.25) is 0 Å². The molecule has 32 heavy (non-hydrogen) atoms. The summed E-state index contributed by atoms with van der Waals surface area (Å²) in [7, 11) is 0.771. The van der Waals surface area contributed by atoms with Gasteiger partial charge in [0.05, 0.1) is 0 Å². The Morgan fingerprint density at radius 1 is 1.22 bits per heavy atom. The number of rotatable bonds is 6. The van der Waals surface area contributed by atoms with Crippen LogP contribution in [-0.2, 0) is 15.9 Å². The number of carbonyl (C=O) groups excluding carboxylic acids is 2. The Morgan fingerprint density at radius 3 is 2.66 bits per heavy atom. The van der Waals surface area contributed by atoms with E-state index in [1.54, 1.807) is 9.80 Å². The molecule has 3 aliphatic rings. The third kappa shape index (κ3) is 4.87. The first-order valence-corrected chi connectivity index (χ1v) is 11.0. The summed E-state index contributed by atoms with van der Waals surface area (Å²) in [5.74, 6) is 0.981. The standard InChI is InChI=1S/C19H30BN7O5/c1-19(2,3)31-18(29)25-10-8-24(9-11-25)7-6-15-22-23-16(30-15)14-5-4-13-12-26(14)17(28)27(13)32-20-21/h13-14,21H,4-12H2,1-3H3/t13-,14+/m1/s1. The number of hydroxylamine groups is 2. The fourth-order valence-electron chi connectivity index (χ4n) is 4.32. The number of piperidine rings is 1. The van der Waals surface area contributed by atoms with Gasteiger partial charge in [-0.05, 0) is 20.8 Å². The van der Waals surface area contributed by atoms with Crippen LogP contribution in [0.4, 0.5) is 9.59 Å². The van der Waals surface area contributed by atoms with E-state index in [2.05, 4.69) is 15.1 Å².